The minimum Gasteiger partial charge on any atom is -0.484 e. The van der Waals surface area contributed by atoms with Crippen molar-refractivity contribution in [2.24, 2.45) is 0 Å². The topological polar surface area (TPSA) is 62.1 Å². The fourth-order valence-electron chi connectivity index (χ4n) is 3.52. The van der Waals surface area contributed by atoms with Crippen molar-refractivity contribution < 1.29 is 9.53 Å². The van der Waals surface area contributed by atoms with Crippen molar-refractivity contribution in [3.63, 3.8) is 0 Å². The van der Waals surface area contributed by atoms with Gasteiger partial charge in [0.15, 0.2) is 6.61 Å². The van der Waals surface area contributed by atoms with E-state index in [9.17, 15) is 10.1 Å². The third kappa shape index (κ3) is 3.81. The van der Waals surface area contributed by atoms with E-state index < -0.39 is 0 Å². The second kappa shape index (κ2) is 7.81. The summed E-state index contributed by atoms with van der Waals surface area (Å²) in [5.41, 5.74) is 1.77. The van der Waals surface area contributed by atoms with E-state index in [0.717, 1.165) is 42.0 Å². The Morgan fingerprint density at radius 3 is 2.78 bits per heavy atom. The molecule has 0 aliphatic heterocycles. The molecule has 0 fully saturated rings. The molecular formula is C22H20N2O2S. The number of amides is 1. The molecule has 1 N–H and O–H groups in total. The van der Waals surface area contributed by atoms with Crippen molar-refractivity contribution in [3.8, 4) is 11.8 Å². The number of ether oxygens (including phenoxy) is 1. The molecule has 4 rings (SSSR count). The van der Waals surface area contributed by atoms with Crippen LogP contribution in [0.2, 0.25) is 0 Å². The van der Waals surface area contributed by atoms with Crippen LogP contribution in [-0.2, 0) is 17.6 Å². The van der Waals surface area contributed by atoms with Crippen LogP contribution in [0.1, 0.15) is 35.3 Å². The average Bonchev–Trinajstić information content (AvgIpc) is 2.85. The second-order valence-corrected chi connectivity index (χ2v) is 7.83. The molecule has 1 amide bonds. The van der Waals surface area contributed by atoms with Gasteiger partial charge in [-0.1, -0.05) is 36.8 Å². The van der Waals surface area contributed by atoms with Gasteiger partial charge in [0.2, 0.25) is 0 Å². The van der Waals surface area contributed by atoms with Crippen LogP contribution in [-0.4, -0.2) is 12.5 Å². The van der Waals surface area contributed by atoms with Crippen molar-refractivity contribution in [1.29, 1.82) is 5.26 Å². The number of fused-ring (bicyclic) bond motifs is 2. The number of carbonyl (C=O) groups excluding carboxylic acids is 1. The van der Waals surface area contributed by atoms with Crippen LogP contribution in [0.15, 0.2) is 42.5 Å². The Hall–Kier alpha value is -2.84. The number of anilines is 1. The van der Waals surface area contributed by atoms with Gasteiger partial charge in [-0.15, -0.1) is 11.3 Å². The first-order valence-electron chi connectivity index (χ1n) is 9.20. The van der Waals surface area contributed by atoms with E-state index in [-0.39, 0.29) is 12.5 Å². The lowest BCUT2D eigenvalue weighted by Crippen LogP contribution is -2.20. The van der Waals surface area contributed by atoms with Crippen molar-refractivity contribution >= 4 is 33.0 Å². The Morgan fingerprint density at radius 2 is 1.93 bits per heavy atom. The van der Waals surface area contributed by atoms with E-state index in [1.54, 1.807) is 11.3 Å². The number of benzene rings is 2. The highest BCUT2D eigenvalue weighted by Gasteiger charge is 2.21. The molecule has 1 aliphatic rings. The lowest BCUT2D eigenvalue weighted by atomic mass is 10.1. The number of hydrogen-bond acceptors (Lipinski definition) is 4. The number of hydrogen-bond donors (Lipinski definition) is 1. The molecule has 1 aliphatic carbocycles. The van der Waals surface area contributed by atoms with E-state index in [4.69, 9.17) is 4.74 Å². The lowest BCUT2D eigenvalue weighted by Gasteiger charge is -2.08. The Labute approximate surface area is 162 Å². The number of nitrogens with zero attached hydrogens (tertiary/aromatic N) is 1. The summed E-state index contributed by atoms with van der Waals surface area (Å²) in [4.78, 5) is 13.6. The molecule has 0 unspecified atom stereocenters. The number of rotatable bonds is 4. The van der Waals surface area contributed by atoms with E-state index in [1.807, 2.05) is 42.5 Å². The van der Waals surface area contributed by atoms with Crippen LogP contribution >= 0.6 is 11.3 Å². The molecule has 0 saturated heterocycles. The van der Waals surface area contributed by atoms with Gasteiger partial charge in [-0.25, -0.2) is 0 Å². The van der Waals surface area contributed by atoms with Gasteiger partial charge in [0, 0.05) is 4.88 Å². The molecule has 0 radical (unpaired) electrons. The molecule has 27 heavy (non-hydrogen) atoms. The molecule has 4 nitrogen and oxygen atoms in total. The Morgan fingerprint density at radius 1 is 1.11 bits per heavy atom. The van der Waals surface area contributed by atoms with E-state index in [2.05, 4.69) is 11.4 Å². The van der Waals surface area contributed by atoms with Crippen LogP contribution in [0.3, 0.4) is 0 Å². The largest absolute Gasteiger partial charge is 0.484 e. The molecule has 0 bridgehead atoms. The monoisotopic (exact) mass is 376 g/mol. The zero-order valence-electron chi connectivity index (χ0n) is 15.0. The number of nitriles is 1. The summed E-state index contributed by atoms with van der Waals surface area (Å²) in [6.07, 6.45) is 5.39. The molecule has 3 aromatic rings. The summed E-state index contributed by atoms with van der Waals surface area (Å²) in [5.74, 6) is 0.419. The summed E-state index contributed by atoms with van der Waals surface area (Å²) < 4.78 is 5.65. The van der Waals surface area contributed by atoms with E-state index in [0.29, 0.717) is 16.3 Å². The van der Waals surface area contributed by atoms with Crippen molar-refractivity contribution in [2.45, 2.75) is 32.1 Å². The van der Waals surface area contributed by atoms with Crippen molar-refractivity contribution in [2.75, 3.05) is 11.9 Å². The molecule has 0 atom stereocenters. The van der Waals surface area contributed by atoms with Crippen molar-refractivity contribution in [3.05, 3.63) is 58.5 Å². The first-order valence-corrected chi connectivity index (χ1v) is 10.0. The Balaban J connectivity index is 1.44. The molecule has 0 spiro atoms. The highest BCUT2D eigenvalue weighted by Crippen LogP contribution is 2.36. The van der Waals surface area contributed by atoms with Gasteiger partial charge in [0.25, 0.3) is 5.91 Å². The lowest BCUT2D eigenvalue weighted by molar-refractivity contribution is -0.118. The summed E-state index contributed by atoms with van der Waals surface area (Å²) in [6, 6.07) is 16.1. The molecule has 136 valence electrons. The van der Waals surface area contributed by atoms with Gasteiger partial charge in [-0.3, -0.25) is 4.79 Å². The molecule has 1 heterocycles. The highest BCUT2D eigenvalue weighted by molar-refractivity contribution is 7.16. The zero-order valence-corrected chi connectivity index (χ0v) is 15.8. The third-order valence-corrected chi connectivity index (χ3v) is 6.08. The standard InChI is InChI=1S/C22H20N2O2S/c23-13-19-18-8-2-1-3-9-20(18)27-22(19)24-21(25)14-26-17-11-10-15-6-4-5-7-16(15)12-17/h4-7,10-12H,1-3,8-9,14H2,(H,24,25). The van der Waals surface area contributed by atoms with Gasteiger partial charge >= 0.3 is 0 Å². The minimum absolute atomic E-state index is 0.0776. The maximum absolute atomic E-state index is 12.4. The highest BCUT2D eigenvalue weighted by atomic mass is 32.1. The van der Waals surface area contributed by atoms with Crippen LogP contribution < -0.4 is 10.1 Å². The number of carbonyl (C=O) groups is 1. The Bertz CT molecular complexity index is 1030. The average molecular weight is 376 g/mol. The summed E-state index contributed by atoms with van der Waals surface area (Å²) >= 11 is 1.54. The minimum atomic E-state index is -0.240. The van der Waals surface area contributed by atoms with E-state index in [1.165, 1.54) is 11.3 Å². The smallest absolute Gasteiger partial charge is 0.262 e. The Kier molecular flexibility index (Phi) is 5.08. The molecule has 0 saturated carbocycles. The number of aryl methyl sites for hydroxylation is 1. The SMILES string of the molecule is N#Cc1c(NC(=O)COc2ccc3ccccc3c2)sc2c1CCCCC2. The fourth-order valence-corrected chi connectivity index (χ4v) is 4.77. The van der Waals surface area contributed by atoms with Crippen LogP contribution in [0.25, 0.3) is 10.8 Å². The maximum atomic E-state index is 12.4. The van der Waals surface area contributed by atoms with Gasteiger partial charge < -0.3 is 10.1 Å². The molecule has 2 aromatic carbocycles. The maximum Gasteiger partial charge on any atom is 0.262 e. The number of thiophene rings is 1. The quantitative estimate of drug-likeness (QED) is 0.648. The molecule has 5 heteroatoms. The predicted molar refractivity (Wildman–Crippen MR) is 108 cm³/mol. The first kappa shape index (κ1) is 17.6. The van der Waals surface area contributed by atoms with Gasteiger partial charge in [0.1, 0.15) is 16.8 Å². The van der Waals surface area contributed by atoms with Crippen LogP contribution in [0, 0.1) is 11.3 Å². The second-order valence-electron chi connectivity index (χ2n) is 6.73. The third-order valence-electron chi connectivity index (χ3n) is 4.88. The van der Waals surface area contributed by atoms with Crippen molar-refractivity contribution in [1.82, 2.24) is 0 Å². The normalized spacial score (nSPS) is 13.4. The van der Waals surface area contributed by atoms with E-state index >= 15 is 0 Å². The first-order chi connectivity index (χ1) is 13.2. The van der Waals surface area contributed by atoms with Gasteiger partial charge in [0.05, 0.1) is 5.56 Å². The molecule has 1 aromatic heterocycles. The van der Waals surface area contributed by atoms with Crippen LogP contribution in [0.5, 0.6) is 5.75 Å². The zero-order chi connectivity index (χ0) is 18.6. The van der Waals surface area contributed by atoms with Gasteiger partial charge in [-0.05, 0) is 54.2 Å². The summed E-state index contributed by atoms with van der Waals surface area (Å²) in [6.45, 7) is -0.0776. The van der Waals surface area contributed by atoms with Gasteiger partial charge in [-0.2, -0.15) is 5.26 Å². The summed E-state index contributed by atoms with van der Waals surface area (Å²) in [5, 5.41) is 15.3. The fraction of sp³-hybridized carbons (Fsp3) is 0.273. The molecular weight excluding hydrogens is 356 g/mol. The predicted octanol–water partition coefficient (Wildman–Crippen LogP) is 5.06. The summed E-state index contributed by atoms with van der Waals surface area (Å²) in [7, 11) is 0. The number of nitrogens with one attached hydrogen (secondary N) is 1. The van der Waals surface area contributed by atoms with Crippen LogP contribution in [0.4, 0.5) is 5.00 Å².